The van der Waals surface area contributed by atoms with Gasteiger partial charge in [-0.3, -0.25) is 9.79 Å². The molecule has 6 nitrogen and oxygen atoms in total. The average Bonchev–Trinajstić information content (AvgIpc) is 3.04. The normalized spacial score (nSPS) is 20.0. The second-order valence-corrected chi connectivity index (χ2v) is 9.13. The molecular weight excluding hydrogens is 418 g/mol. The minimum atomic E-state index is -0.158. The van der Waals surface area contributed by atoms with Gasteiger partial charge in [-0.05, 0) is 30.0 Å². The van der Waals surface area contributed by atoms with Gasteiger partial charge in [0.15, 0.2) is 0 Å². The van der Waals surface area contributed by atoms with Gasteiger partial charge in [-0.1, -0.05) is 49.4 Å². The number of piperazine rings is 1. The molecule has 0 bridgehead atoms. The third kappa shape index (κ3) is 5.39. The van der Waals surface area contributed by atoms with Crippen molar-refractivity contribution in [3.63, 3.8) is 0 Å². The molecule has 2 heterocycles. The van der Waals surface area contributed by atoms with E-state index in [4.69, 9.17) is 17.3 Å². The van der Waals surface area contributed by atoms with E-state index in [-0.39, 0.29) is 5.91 Å². The Balaban J connectivity index is 1.59. The number of benzene rings is 1. The number of allylic oxidation sites excluding steroid dienone is 2. The summed E-state index contributed by atoms with van der Waals surface area (Å²) in [7, 11) is 1.72. The van der Waals surface area contributed by atoms with Crippen LogP contribution in [0, 0.1) is 5.92 Å². The highest BCUT2D eigenvalue weighted by Gasteiger charge is 2.29. The summed E-state index contributed by atoms with van der Waals surface area (Å²) in [6, 6.07) is 6.15. The lowest BCUT2D eigenvalue weighted by atomic mass is 10.1. The van der Waals surface area contributed by atoms with E-state index in [0.29, 0.717) is 29.5 Å². The molecule has 1 amide bonds. The van der Waals surface area contributed by atoms with Gasteiger partial charge in [0.1, 0.15) is 9.95 Å². The molecule has 1 fully saturated rings. The zero-order chi connectivity index (χ0) is 21.7. The van der Waals surface area contributed by atoms with Crippen LogP contribution < -0.4 is 21.3 Å². The van der Waals surface area contributed by atoms with Crippen molar-refractivity contribution >= 4 is 40.0 Å². The fourth-order valence-corrected chi connectivity index (χ4v) is 4.82. The fourth-order valence-electron chi connectivity index (χ4n) is 3.54. The molecule has 0 aromatic heterocycles. The molecule has 2 aliphatic heterocycles. The molecule has 1 aromatic rings. The quantitative estimate of drug-likeness (QED) is 0.624. The van der Waals surface area contributed by atoms with Gasteiger partial charge >= 0.3 is 0 Å². The Morgan fingerprint density at radius 1 is 1.40 bits per heavy atom. The molecule has 8 heteroatoms. The number of nitrogens with two attached hydrogens (primary N) is 1. The summed E-state index contributed by atoms with van der Waals surface area (Å²) in [6.45, 7) is 8.53. The highest BCUT2D eigenvalue weighted by molar-refractivity contribution is 8.19. The first-order valence-electron chi connectivity index (χ1n) is 10.3. The third-order valence-electron chi connectivity index (χ3n) is 5.04. The number of halogens is 1. The zero-order valence-electron chi connectivity index (χ0n) is 17.8. The Morgan fingerprint density at radius 3 is 2.77 bits per heavy atom. The van der Waals surface area contributed by atoms with Gasteiger partial charge in [0, 0.05) is 45.3 Å². The molecule has 0 radical (unpaired) electrons. The summed E-state index contributed by atoms with van der Waals surface area (Å²) < 4.78 is 0. The number of hydrogen-bond acceptors (Lipinski definition) is 6. The van der Waals surface area contributed by atoms with Gasteiger partial charge in [0.25, 0.3) is 5.91 Å². The van der Waals surface area contributed by atoms with Crippen molar-refractivity contribution in [3.05, 3.63) is 51.0 Å². The maximum Gasteiger partial charge on any atom is 0.260 e. The van der Waals surface area contributed by atoms with Crippen LogP contribution >= 0.6 is 23.4 Å². The Bertz CT molecular complexity index is 888. The lowest BCUT2D eigenvalue weighted by Gasteiger charge is -2.30. The van der Waals surface area contributed by atoms with Crippen molar-refractivity contribution < 1.29 is 4.79 Å². The summed E-state index contributed by atoms with van der Waals surface area (Å²) >= 11 is 7.86. The van der Waals surface area contributed by atoms with E-state index >= 15 is 0 Å². The number of anilines is 1. The van der Waals surface area contributed by atoms with Crippen molar-refractivity contribution in [2.45, 2.75) is 20.3 Å². The average molecular weight is 448 g/mol. The minimum Gasteiger partial charge on any atom is -0.397 e. The summed E-state index contributed by atoms with van der Waals surface area (Å²) in [5.74, 6) is 0.168. The van der Waals surface area contributed by atoms with E-state index in [2.05, 4.69) is 46.5 Å². The lowest BCUT2D eigenvalue weighted by molar-refractivity contribution is -0.116. The standard InChI is InChI=1S/C22H30ClN5OS/c1-14(2)12-16-19(24)20(30-22(16)25-3)21(29)27-7-6-15-4-5-18(17(23)13-15)28-10-8-26-9-11-28/h4-5,12-14,26H,6-11,24H2,1-3H3,(H,27,29)/b16-12-,25-22?. The molecule has 1 saturated heterocycles. The number of amides is 1. The molecule has 0 saturated carbocycles. The molecule has 0 aliphatic carbocycles. The maximum atomic E-state index is 12.7. The molecule has 0 unspecified atom stereocenters. The van der Waals surface area contributed by atoms with E-state index in [9.17, 15) is 4.79 Å². The molecule has 2 aliphatic rings. The number of carbonyl (C=O) groups excluding carboxylic acids is 1. The number of thioether (sulfide) groups is 1. The first-order chi connectivity index (χ1) is 14.4. The van der Waals surface area contributed by atoms with Gasteiger partial charge in [-0.25, -0.2) is 0 Å². The van der Waals surface area contributed by atoms with Gasteiger partial charge in [0.05, 0.1) is 16.4 Å². The summed E-state index contributed by atoms with van der Waals surface area (Å²) in [4.78, 5) is 19.8. The van der Waals surface area contributed by atoms with E-state index in [1.165, 1.54) is 11.8 Å². The van der Waals surface area contributed by atoms with Gasteiger partial charge in [-0.2, -0.15) is 0 Å². The van der Waals surface area contributed by atoms with Gasteiger partial charge in [0.2, 0.25) is 0 Å². The van der Waals surface area contributed by atoms with Crippen LogP contribution in [0.15, 0.2) is 45.4 Å². The van der Waals surface area contributed by atoms with Crippen molar-refractivity contribution in [2.24, 2.45) is 16.6 Å². The predicted octanol–water partition coefficient (Wildman–Crippen LogP) is 2.94. The topological polar surface area (TPSA) is 82.8 Å². The van der Waals surface area contributed by atoms with Crippen LogP contribution in [0.3, 0.4) is 0 Å². The van der Waals surface area contributed by atoms with Crippen LogP contribution in [0.1, 0.15) is 19.4 Å². The molecule has 0 spiro atoms. The second kappa shape index (κ2) is 10.4. The molecule has 3 rings (SSSR count). The first-order valence-corrected chi connectivity index (χ1v) is 11.5. The molecule has 1 aromatic carbocycles. The highest BCUT2D eigenvalue weighted by Crippen LogP contribution is 2.36. The lowest BCUT2D eigenvalue weighted by Crippen LogP contribution is -2.43. The Kier molecular flexibility index (Phi) is 7.86. The predicted molar refractivity (Wildman–Crippen MR) is 128 cm³/mol. The number of nitrogens with one attached hydrogen (secondary N) is 2. The Hall–Kier alpha value is -1.96. The van der Waals surface area contributed by atoms with Crippen LogP contribution in [-0.4, -0.2) is 50.7 Å². The van der Waals surface area contributed by atoms with Crippen LogP contribution in [0.25, 0.3) is 0 Å². The van der Waals surface area contributed by atoms with E-state index in [0.717, 1.165) is 53.1 Å². The van der Waals surface area contributed by atoms with Crippen molar-refractivity contribution in [1.82, 2.24) is 10.6 Å². The highest BCUT2D eigenvalue weighted by atomic mass is 35.5. The Morgan fingerprint density at radius 2 is 2.13 bits per heavy atom. The van der Waals surface area contributed by atoms with Gasteiger partial charge in [-0.15, -0.1) is 0 Å². The number of nitrogens with zero attached hydrogens (tertiary/aromatic N) is 2. The molecule has 30 heavy (non-hydrogen) atoms. The minimum absolute atomic E-state index is 0.158. The molecule has 4 N–H and O–H groups in total. The molecule has 162 valence electrons. The number of carbonyl (C=O) groups is 1. The number of aliphatic imine (C=N–C) groups is 1. The van der Waals surface area contributed by atoms with Gasteiger partial charge < -0.3 is 21.3 Å². The van der Waals surface area contributed by atoms with Crippen molar-refractivity contribution in [2.75, 3.05) is 44.7 Å². The van der Waals surface area contributed by atoms with Crippen LogP contribution in [0.5, 0.6) is 0 Å². The zero-order valence-corrected chi connectivity index (χ0v) is 19.4. The fraction of sp³-hybridized carbons (Fsp3) is 0.455. The van der Waals surface area contributed by atoms with Crippen molar-refractivity contribution in [1.29, 1.82) is 0 Å². The number of rotatable bonds is 6. The first kappa shape index (κ1) is 22.7. The third-order valence-corrected chi connectivity index (χ3v) is 6.55. The molecule has 0 atom stereocenters. The second-order valence-electron chi connectivity index (χ2n) is 7.73. The molecular formula is C22H30ClN5OS. The van der Waals surface area contributed by atoms with Crippen LogP contribution in [-0.2, 0) is 11.2 Å². The SMILES string of the molecule is CN=C1SC(C(=O)NCCc2ccc(N3CCNCC3)c(Cl)c2)=C(N)/C1=C/C(C)C. The summed E-state index contributed by atoms with van der Waals surface area (Å²) in [5, 5.41) is 7.87. The van der Waals surface area contributed by atoms with E-state index in [1.54, 1.807) is 7.05 Å². The Labute approximate surface area is 188 Å². The smallest absolute Gasteiger partial charge is 0.260 e. The summed E-state index contributed by atoms with van der Waals surface area (Å²) in [5.41, 5.74) is 9.78. The largest absolute Gasteiger partial charge is 0.397 e. The van der Waals surface area contributed by atoms with Crippen LogP contribution in [0.4, 0.5) is 5.69 Å². The summed E-state index contributed by atoms with van der Waals surface area (Å²) in [6.07, 6.45) is 2.75. The number of hydrogen-bond donors (Lipinski definition) is 3. The van der Waals surface area contributed by atoms with E-state index < -0.39 is 0 Å². The van der Waals surface area contributed by atoms with Crippen LogP contribution in [0.2, 0.25) is 5.02 Å². The maximum absolute atomic E-state index is 12.7. The van der Waals surface area contributed by atoms with E-state index in [1.807, 2.05) is 12.1 Å². The van der Waals surface area contributed by atoms with Crippen molar-refractivity contribution in [3.8, 4) is 0 Å². The monoisotopic (exact) mass is 447 g/mol.